The van der Waals surface area contributed by atoms with E-state index >= 15 is 0 Å². The number of ether oxygens (including phenoxy) is 1. The Bertz CT molecular complexity index is 1430. The Morgan fingerprint density at radius 1 is 1.03 bits per heavy atom. The molecule has 0 saturated carbocycles. The van der Waals surface area contributed by atoms with Crippen LogP contribution in [0, 0.1) is 6.92 Å². The van der Waals surface area contributed by atoms with E-state index in [1.54, 1.807) is 12.0 Å². The highest BCUT2D eigenvalue weighted by atomic mass is 32.2. The lowest BCUT2D eigenvalue weighted by Gasteiger charge is -2.14. The minimum absolute atomic E-state index is 0.0897. The molecule has 1 amide bonds. The lowest BCUT2D eigenvalue weighted by molar-refractivity contribution is -0.122. The third-order valence-electron chi connectivity index (χ3n) is 5.78. The van der Waals surface area contributed by atoms with Crippen molar-refractivity contribution in [2.24, 2.45) is 0 Å². The number of rotatable bonds is 6. The number of amides is 1. The van der Waals surface area contributed by atoms with Crippen LogP contribution in [-0.2, 0) is 11.3 Å². The molecule has 5 nitrogen and oxygen atoms in total. The standard InChI is InChI=1S/C28H23N3O2S2/c1-19-15-21(13-14-24(19)33-2)26-22(18-31(29-26)23-11-7-4-8-12-23)16-25-27(32)30(28(34)35-25)17-20-9-5-3-6-10-20/h3-16,18H,17H2,1-2H3/b25-16-. The first-order chi connectivity index (χ1) is 17.0. The van der Waals surface area contributed by atoms with Gasteiger partial charge in [0.15, 0.2) is 0 Å². The molecule has 0 aliphatic carbocycles. The van der Waals surface area contributed by atoms with Crippen molar-refractivity contribution in [3.05, 3.63) is 107 Å². The number of benzene rings is 3. The van der Waals surface area contributed by atoms with Gasteiger partial charge in [-0.25, -0.2) is 4.68 Å². The maximum absolute atomic E-state index is 13.3. The third-order valence-corrected chi connectivity index (χ3v) is 7.15. The minimum atomic E-state index is -0.0897. The Hall–Kier alpha value is -3.68. The van der Waals surface area contributed by atoms with E-state index in [9.17, 15) is 4.79 Å². The predicted molar refractivity (Wildman–Crippen MR) is 145 cm³/mol. The van der Waals surface area contributed by atoms with Crippen molar-refractivity contribution in [1.29, 1.82) is 0 Å². The summed E-state index contributed by atoms with van der Waals surface area (Å²) in [5.74, 6) is 0.729. The van der Waals surface area contributed by atoms with Gasteiger partial charge in [-0.05, 0) is 54.5 Å². The van der Waals surface area contributed by atoms with Gasteiger partial charge in [-0.3, -0.25) is 9.69 Å². The van der Waals surface area contributed by atoms with E-state index < -0.39 is 0 Å². The highest BCUT2D eigenvalue weighted by Gasteiger charge is 2.32. The van der Waals surface area contributed by atoms with E-state index in [4.69, 9.17) is 22.1 Å². The van der Waals surface area contributed by atoms with Crippen molar-refractivity contribution in [2.75, 3.05) is 7.11 Å². The highest BCUT2D eigenvalue weighted by Crippen LogP contribution is 2.36. The van der Waals surface area contributed by atoms with E-state index in [0.29, 0.717) is 15.8 Å². The van der Waals surface area contributed by atoms with E-state index in [-0.39, 0.29) is 5.91 Å². The van der Waals surface area contributed by atoms with Crippen molar-refractivity contribution in [3.8, 4) is 22.7 Å². The van der Waals surface area contributed by atoms with Gasteiger partial charge in [0.2, 0.25) is 0 Å². The summed E-state index contributed by atoms with van der Waals surface area (Å²) in [5.41, 5.74) is 5.57. The van der Waals surface area contributed by atoms with Gasteiger partial charge >= 0.3 is 0 Å². The lowest BCUT2D eigenvalue weighted by Crippen LogP contribution is -2.27. The molecular formula is C28H23N3O2S2. The quantitative estimate of drug-likeness (QED) is 0.233. The molecule has 0 radical (unpaired) electrons. The summed E-state index contributed by atoms with van der Waals surface area (Å²) in [6.45, 7) is 2.46. The number of aryl methyl sites for hydroxylation is 1. The average molecular weight is 498 g/mol. The zero-order valence-electron chi connectivity index (χ0n) is 19.3. The summed E-state index contributed by atoms with van der Waals surface area (Å²) >= 11 is 6.88. The maximum Gasteiger partial charge on any atom is 0.266 e. The van der Waals surface area contributed by atoms with E-state index in [0.717, 1.165) is 39.4 Å². The smallest absolute Gasteiger partial charge is 0.266 e. The second kappa shape index (κ2) is 9.90. The van der Waals surface area contributed by atoms with Crippen LogP contribution in [0.5, 0.6) is 5.75 Å². The van der Waals surface area contributed by atoms with Crippen molar-refractivity contribution < 1.29 is 9.53 Å². The van der Waals surface area contributed by atoms with E-state index in [2.05, 4.69) is 6.07 Å². The Morgan fingerprint density at radius 2 is 1.74 bits per heavy atom. The maximum atomic E-state index is 13.3. The zero-order valence-corrected chi connectivity index (χ0v) is 21.0. The molecule has 0 unspecified atom stereocenters. The molecular weight excluding hydrogens is 474 g/mol. The number of para-hydroxylation sites is 1. The zero-order chi connectivity index (χ0) is 24.4. The van der Waals surface area contributed by atoms with Crippen LogP contribution < -0.4 is 4.74 Å². The summed E-state index contributed by atoms with van der Waals surface area (Å²) in [6, 6.07) is 25.8. The van der Waals surface area contributed by atoms with Crippen LogP contribution in [0.3, 0.4) is 0 Å². The molecule has 1 saturated heterocycles. The van der Waals surface area contributed by atoms with Crippen LogP contribution >= 0.6 is 24.0 Å². The number of carbonyl (C=O) groups is 1. The monoisotopic (exact) mass is 497 g/mol. The van der Waals surface area contributed by atoms with Gasteiger partial charge in [0.25, 0.3) is 5.91 Å². The van der Waals surface area contributed by atoms with Crippen LogP contribution in [0.25, 0.3) is 23.0 Å². The van der Waals surface area contributed by atoms with Crippen molar-refractivity contribution in [3.63, 3.8) is 0 Å². The summed E-state index contributed by atoms with van der Waals surface area (Å²) in [6.07, 6.45) is 3.85. The molecule has 2 heterocycles. The Kier molecular flexibility index (Phi) is 6.53. The molecule has 0 N–H and O–H groups in total. The van der Waals surface area contributed by atoms with Gasteiger partial charge in [0.05, 0.1) is 24.2 Å². The first kappa shape index (κ1) is 23.1. The number of hydrogen-bond acceptors (Lipinski definition) is 5. The van der Waals surface area contributed by atoms with Gasteiger partial charge in [-0.2, -0.15) is 5.10 Å². The highest BCUT2D eigenvalue weighted by molar-refractivity contribution is 8.26. The fraction of sp³-hybridized carbons (Fsp3) is 0.107. The molecule has 174 valence electrons. The van der Waals surface area contributed by atoms with Gasteiger partial charge in [-0.15, -0.1) is 0 Å². The molecule has 5 rings (SSSR count). The first-order valence-corrected chi connectivity index (χ1v) is 12.4. The molecule has 1 aliphatic rings. The molecule has 3 aromatic carbocycles. The number of thiocarbonyl (C=S) groups is 1. The van der Waals surface area contributed by atoms with Gasteiger partial charge in [0, 0.05) is 17.3 Å². The van der Waals surface area contributed by atoms with Crippen molar-refractivity contribution in [1.82, 2.24) is 14.7 Å². The normalized spacial score (nSPS) is 14.7. The Labute approximate surface area is 214 Å². The molecule has 0 spiro atoms. The average Bonchev–Trinajstić information content (AvgIpc) is 3.42. The largest absolute Gasteiger partial charge is 0.496 e. The summed E-state index contributed by atoms with van der Waals surface area (Å²) in [7, 11) is 1.66. The topological polar surface area (TPSA) is 47.4 Å². The SMILES string of the molecule is COc1ccc(-c2nn(-c3ccccc3)cc2/C=C2\SC(=S)N(Cc3ccccc3)C2=O)cc1C. The minimum Gasteiger partial charge on any atom is -0.496 e. The summed E-state index contributed by atoms with van der Waals surface area (Å²) in [4.78, 5) is 15.5. The number of aromatic nitrogens is 2. The predicted octanol–water partition coefficient (Wildman–Crippen LogP) is 6.26. The van der Waals surface area contributed by atoms with Crippen molar-refractivity contribution in [2.45, 2.75) is 13.5 Å². The van der Waals surface area contributed by atoms with Crippen LogP contribution in [0.4, 0.5) is 0 Å². The second-order valence-corrected chi connectivity index (χ2v) is 9.83. The molecule has 1 aromatic heterocycles. The van der Waals surface area contributed by atoms with Crippen LogP contribution in [0.15, 0.2) is 90.0 Å². The van der Waals surface area contributed by atoms with E-state index in [1.807, 2.05) is 96.7 Å². The first-order valence-electron chi connectivity index (χ1n) is 11.1. The summed E-state index contributed by atoms with van der Waals surface area (Å²) < 4.78 is 7.83. The van der Waals surface area contributed by atoms with Crippen LogP contribution in [0.2, 0.25) is 0 Å². The molecule has 0 bridgehead atoms. The molecule has 7 heteroatoms. The Balaban J connectivity index is 1.54. The van der Waals surface area contributed by atoms with Gasteiger partial charge < -0.3 is 4.74 Å². The van der Waals surface area contributed by atoms with Crippen LogP contribution in [-0.4, -0.2) is 32.0 Å². The number of thioether (sulfide) groups is 1. The van der Waals surface area contributed by atoms with Gasteiger partial charge in [-0.1, -0.05) is 72.5 Å². The fourth-order valence-electron chi connectivity index (χ4n) is 4.00. The third kappa shape index (κ3) is 4.78. The molecule has 1 fully saturated rings. The number of hydrogen-bond donors (Lipinski definition) is 0. The molecule has 35 heavy (non-hydrogen) atoms. The summed E-state index contributed by atoms with van der Waals surface area (Å²) in [5, 5.41) is 4.88. The number of nitrogens with zero attached hydrogens (tertiary/aromatic N) is 3. The number of methoxy groups -OCH3 is 1. The lowest BCUT2D eigenvalue weighted by atomic mass is 10.0. The molecule has 1 aliphatic heterocycles. The molecule has 0 atom stereocenters. The number of carbonyl (C=O) groups excluding carboxylic acids is 1. The van der Waals surface area contributed by atoms with Crippen molar-refractivity contribution >= 4 is 40.3 Å². The molecule has 4 aromatic rings. The second-order valence-electron chi connectivity index (χ2n) is 8.15. The van der Waals surface area contributed by atoms with Gasteiger partial charge in [0.1, 0.15) is 15.8 Å². The Morgan fingerprint density at radius 3 is 2.43 bits per heavy atom. The van der Waals surface area contributed by atoms with E-state index in [1.165, 1.54) is 11.8 Å². The fourth-order valence-corrected chi connectivity index (χ4v) is 5.25. The van der Waals surface area contributed by atoms with Crippen LogP contribution in [0.1, 0.15) is 16.7 Å².